The van der Waals surface area contributed by atoms with Crippen LogP contribution in [0.4, 0.5) is 5.69 Å². The molecular formula is C31H27N5O5. The summed E-state index contributed by atoms with van der Waals surface area (Å²) in [6.07, 6.45) is 0. The van der Waals surface area contributed by atoms with E-state index in [0.717, 1.165) is 11.1 Å². The van der Waals surface area contributed by atoms with Crippen molar-refractivity contribution in [3.05, 3.63) is 108 Å². The molecule has 0 saturated heterocycles. The summed E-state index contributed by atoms with van der Waals surface area (Å²) < 4.78 is 17.7. The van der Waals surface area contributed by atoms with Gasteiger partial charge in [0.25, 0.3) is 5.91 Å². The van der Waals surface area contributed by atoms with E-state index in [1.807, 2.05) is 78.9 Å². The predicted molar refractivity (Wildman–Crippen MR) is 151 cm³/mol. The molecule has 4 aromatic carbocycles. The maximum absolute atomic E-state index is 14.1. The van der Waals surface area contributed by atoms with E-state index in [1.165, 1.54) is 0 Å². The van der Waals surface area contributed by atoms with Crippen molar-refractivity contribution in [2.45, 2.75) is 19.1 Å². The summed E-state index contributed by atoms with van der Waals surface area (Å²) in [6.45, 7) is 0.196. The molecule has 1 N–H and O–H groups in total. The summed E-state index contributed by atoms with van der Waals surface area (Å²) in [5, 5.41) is 11.4. The van der Waals surface area contributed by atoms with Crippen molar-refractivity contribution in [2.75, 3.05) is 19.2 Å². The van der Waals surface area contributed by atoms with Crippen LogP contribution in [0.25, 0.3) is 11.0 Å². The van der Waals surface area contributed by atoms with E-state index in [-0.39, 0.29) is 31.7 Å². The van der Waals surface area contributed by atoms with Crippen molar-refractivity contribution in [2.24, 2.45) is 0 Å². The molecule has 0 spiro atoms. The van der Waals surface area contributed by atoms with Crippen molar-refractivity contribution < 1.29 is 23.8 Å². The minimum atomic E-state index is -0.953. The number of para-hydroxylation sites is 1. The minimum Gasteiger partial charge on any atom is -0.497 e. The van der Waals surface area contributed by atoms with Crippen molar-refractivity contribution in [1.29, 1.82) is 0 Å². The monoisotopic (exact) mass is 549 g/mol. The third kappa shape index (κ3) is 5.53. The van der Waals surface area contributed by atoms with E-state index in [2.05, 4.69) is 15.6 Å². The third-order valence-corrected chi connectivity index (χ3v) is 6.85. The Kier molecular flexibility index (Phi) is 7.19. The van der Waals surface area contributed by atoms with Crippen LogP contribution in [0, 0.1) is 0 Å². The summed E-state index contributed by atoms with van der Waals surface area (Å²) in [6, 6.07) is 28.3. The van der Waals surface area contributed by atoms with E-state index in [9.17, 15) is 9.59 Å². The average molecular weight is 550 g/mol. The molecule has 0 fully saturated rings. The molecule has 2 heterocycles. The topological polar surface area (TPSA) is 108 Å². The molecule has 10 heteroatoms. The van der Waals surface area contributed by atoms with Gasteiger partial charge in [0.1, 0.15) is 23.9 Å². The van der Waals surface area contributed by atoms with Gasteiger partial charge in [0.05, 0.1) is 12.6 Å². The molecule has 0 aliphatic carbocycles. The third-order valence-electron chi connectivity index (χ3n) is 6.85. The molecule has 0 saturated carbocycles. The molecule has 10 nitrogen and oxygen atoms in total. The Labute approximate surface area is 236 Å². The van der Waals surface area contributed by atoms with Crippen LogP contribution in [0.15, 0.2) is 97.1 Å². The highest BCUT2D eigenvalue weighted by Gasteiger charge is 2.32. The fourth-order valence-corrected chi connectivity index (χ4v) is 4.80. The zero-order valence-corrected chi connectivity index (χ0v) is 22.3. The standard InChI is InChI=1S/C31H27N5O5/c1-39-24-14-11-21(12-15-24)18-35(29(37)19-36-26-10-6-5-9-25(26)33-34-36)30(22-7-3-2-4-8-22)31(38)32-23-13-16-27-28(17-23)41-20-40-27/h2-17,30H,18-20H2,1H3,(H,32,38). The molecule has 5 aromatic rings. The molecular weight excluding hydrogens is 522 g/mol. The largest absolute Gasteiger partial charge is 0.497 e. The van der Waals surface area contributed by atoms with Gasteiger partial charge in [0, 0.05) is 18.3 Å². The van der Waals surface area contributed by atoms with Crippen LogP contribution >= 0.6 is 0 Å². The van der Waals surface area contributed by atoms with Gasteiger partial charge >= 0.3 is 0 Å². The van der Waals surface area contributed by atoms with E-state index >= 15 is 0 Å². The van der Waals surface area contributed by atoms with Crippen LogP contribution in [-0.4, -0.2) is 45.6 Å². The number of fused-ring (bicyclic) bond motifs is 2. The second-order valence-corrected chi connectivity index (χ2v) is 9.48. The number of nitrogens with zero attached hydrogens (tertiary/aromatic N) is 4. The number of carbonyl (C=O) groups excluding carboxylic acids is 2. The maximum Gasteiger partial charge on any atom is 0.251 e. The van der Waals surface area contributed by atoms with Crippen LogP contribution in [0.1, 0.15) is 17.2 Å². The highest BCUT2D eigenvalue weighted by molar-refractivity contribution is 5.98. The van der Waals surface area contributed by atoms with Gasteiger partial charge in [-0.05, 0) is 47.5 Å². The average Bonchev–Trinajstić information content (AvgIpc) is 3.64. The molecule has 41 heavy (non-hydrogen) atoms. The second kappa shape index (κ2) is 11.4. The van der Waals surface area contributed by atoms with Gasteiger partial charge in [-0.2, -0.15) is 0 Å². The van der Waals surface area contributed by atoms with Gasteiger partial charge in [-0.25, -0.2) is 4.68 Å². The summed E-state index contributed by atoms with van der Waals surface area (Å²) in [4.78, 5) is 29.7. The number of rotatable bonds is 9. The Balaban J connectivity index is 1.37. The van der Waals surface area contributed by atoms with Gasteiger partial charge in [-0.1, -0.05) is 59.8 Å². The Bertz CT molecular complexity index is 1690. The van der Waals surface area contributed by atoms with Gasteiger partial charge in [0.15, 0.2) is 11.5 Å². The second-order valence-electron chi connectivity index (χ2n) is 9.48. The molecule has 1 aromatic heterocycles. The fraction of sp³-hybridized carbons (Fsp3) is 0.161. The summed E-state index contributed by atoms with van der Waals surface area (Å²) in [5.74, 6) is 1.18. The van der Waals surface area contributed by atoms with Crippen LogP contribution in [0.3, 0.4) is 0 Å². The lowest BCUT2D eigenvalue weighted by Gasteiger charge is -2.31. The Morgan fingerprint density at radius 3 is 2.51 bits per heavy atom. The van der Waals surface area contributed by atoms with Crippen LogP contribution < -0.4 is 19.5 Å². The molecule has 1 unspecified atom stereocenters. The van der Waals surface area contributed by atoms with E-state index < -0.39 is 6.04 Å². The van der Waals surface area contributed by atoms with E-state index in [4.69, 9.17) is 14.2 Å². The minimum absolute atomic E-state index is 0.0999. The Hall–Kier alpha value is -5.38. The van der Waals surface area contributed by atoms with Gasteiger partial charge < -0.3 is 24.4 Å². The molecule has 2 amide bonds. The van der Waals surface area contributed by atoms with Gasteiger partial charge in [0.2, 0.25) is 12.7 Å². The number of methoxy groups -OCH3 is 1. The fourth-order valence-electron chi connectivity index (χ4n) is 4.80. The number of hydrogen-bond acceptors (Lipinski definition) is 7. The maximum atomic E-state index is 14.1. The number of ether oxygens (including phenoxy) is 3. The van der Waals surface area contributed by atoms with Crippen molar-refractivity contribution in [1.82, 2.24) is 19.9 Å². The zero-order chi connectivity index (χ0) is 28.2. The molecule has 0 bridgehead atoms. The van der Waals surface area contributed by atoms with E-state index in [1.54, 1.807) is 34.9 Å². The summed E-state index contributed by atoms with van der Waals surface area (Å²) >= 11 is 0. The lowest BCUT2D eigenvalue weighted by molar-refractivity contribution is -0.140. The van der Waals surface area contributed by atoms with Crippen LogP contribution in [0.2, 0.25) is 0 Å². The molecule has 1 aliphatic rings. The summed E-state index contributed by atoms with van der Waals surface area (Å²) in [5.41, 5.74) is 3.43. The van der Waals surface area contributed by atoms with Gasteiger partial charge in [-0.15, -0.1) is 5.10 Å². The molecule has 0 radical (unpaired) electrons. The first kappa shape index (κ1) is 25.9. The van der Waals surface area contributed by atoms with Crippen molar-refractivity contribution in [3.63, 3.8) is 0 Å². The number of hydrogen-bond donors (Lipinski definition) is 1. The predicted octanol–water partition coefficient (Wildman–Crippen LogP) is 4.58. The normalized spacial score (nSPS) is 12.6. The Morgan fingerprint density at radius 2 is 1.71 bits per heavy atom. The van der Waals surface area contributed by atoms with Crippen LogP contribution in [0.5, 0.6) is 17.2 Å². The van der Waals surface area contributed by atoms with Crippen molar-refractivity contribution >= 4 is 28.5 Å². The first-order valence-electron chi connectivity index (χ1n) is 13.0. The SMILES string of the molecule is COc1ccc(CN(C(=O)Cn2nnc3ccccc32)C(C(=O)Nc2ccc3c(c2)OCO3)c2ccccc2)cc1. The number of carbonyl (C=O) groups is 2. The lowest BCUT2D eigenvalue weighted by Crippen LogP contribution is -2.42. The molecule has 6 rings (SSSR count). The molecule has 206 valence electrons. The highest BCUT2D eigenvalue weighted by atomic mass is 16.7. The first-order chi connectivity index (χ1) is 20.1. The number of benzene rings is 4. The number of nitrogens with one attached hydrogen (secondary N) is 1. The van der Waals surface area contributed by atoms with Crippen molar-refractivity contribution in [3.8, 4) is 17.2 Å². The highest BCUT2D eigenvalue weighted by Crippen LogP contribution is 2.35. The molecule has 1 aliphatic heterocycles. The van der Waals surface area contributed by atoms with E-state index in [0.29, 0.717) is 34.0 Å². The lowest BCUT2D eigenvalue weighted by atomic mass is 10.0. The number of anilines is 1. The summed E-state index contributed by atoms with van der Waals surface area (Å²) in [7, 11) is 1.60. The zero-order valence-electron chi connectivity index (χ0n) is 22.3. The smallest absolute Gasteiger partial charge is 0.251 e. The number of aromatic nitrogens is 3. The van der Waals surface area contributed by atoms with Crippen LogP contribution in [-0.2, 0) is 22.7 Å². The quantitative estimate of drug-likeness (QED) is 0.287. The number of amides is 2. The first-order valence-corrected chi connectivity index (χ1v) is 13.0. The van der Waals surface area contributed by atoms with Gasteiger partial charge in [-0.3, -0.25) is 9.59 Å². The Morgan fingerprint density at radius 1 is 0.951 bits per heavy atom. The molecule has 1 atom stereocenters.